The summed E-state index contributed by atoms with van der Waals surface area (Å²) in [6.45, 7) is 3.44. The van der Waals surface area contributed by atoms with E-state index < -0.39 is 6.04 Å². The molecule has 10 heteroatoms. The number of rotatable bonds is 7. The Labute approximate surface area is 310 Å². The highest BCUT2D eigenvalue weighted by molar-refractivity contribution is 5.83. The van der Waals surface area contributed by atoms with E-state index in [2.05, 4.69) is 55.8 Å². The van der Waals surface area contributed by atoms with E-state index >= 15 is 0 Å². The molecule has 0 radical (unpaired) electrons. The highest BCUT2D eigenvalue weighted by Crippen LogP contribution is 2.35. The third kappa shape index (κ3) is 7.41. The molecule has 3 atom stereocenters. The smallest absolute Gasteiger partial charge is 0.244 e. The molecule has 10 nitrogen and oxygen atoms in total. The zero-order valence-electron chi connectivity index (χ0n) is 30.2. The number of imidazole rings is 2. The zero-order chi connectivity index (χ0) is 36.3. The molecule has 8 rings (SSSR count). The largest absolute Gasteiger partial charge is 0.340 e. The van der Waals surface area contributed by atoms with E-state index in [4.69, 9.17) is 10.7 Å². The third-order valence-electron chi connectivity index (χ3n) is 11.1. The Bertz CT molecular complexity index is 2100. The number of H-pyrrole nitrogens is 2. The highest BCUT2D eigenvalue weighted by Gasteiger charge is 2.37. The second-order valence-corrected chi connectivity index (χ2v) is 14.6. The van der Waals surface area contributed by atoms with Gasteiger partial charge in [0.05, 0.1) is 35.9 Å². The van der Waals surface area contributed by atoms with Crippen molar-refractivity contribution >= 4 is 11.8 Å². The van der Waals surface area contributed by atoms with Gasteiger partial charge in [0.2, 0.25) is 11.8 Å². The number of benzene rings is 3. The molecule has 3 aliphatic heterocycles. The molecular weight excluding hydrogens is 661 g/mol. The van der Waals surface area contributed by atoms with Crippen LogP contribution in [0.2, 0.25) is 0 Å². The minimum atomic E-state index is -0.692. The predicted molar refractivity (Wildman–Crippen MR) is 205 cm³/mol. The normalized spacial score (nSPS) is 20.0. The van der Waals surface area contributed by atoms with Gasteiger partial charge in [0, 0.05) is 30.1 Å². The molecule has 3 saturated heterocycles. The van der Waals surface area contributed by atoms with Crippen LogP contribution in [0.3, 0.4) is 0 Å². The van der Waals surface area contributed by atoms with Gasteiger partial charge in [-0.15, -0.1) is 0 Å². The molecule has 0 aliphatic carbocycles. The average Bonchev–Trinajstić information content (AvgIpc) is 4.04. The van der Waals surface area contributed by atoms with Crippen LogP contribution in [0.1, 0.15) is 85.0 Å². The fraction of sp³-hybridized carbons (Fsp3) is 0.349. The molecule has 0 saturated carbocycles. The molecule has 4 N–H and O–H groups in total. The number of aromatic nitrogens is 4. The summed E-state index contributed by atoms with van der Waals surface area (Å²) in [6, 6.07) is 25.0. The number of aromatic amines is 2. The summed E-state index contributed by atoms with van der Waals surface area (Å²) >= 11 is 0. The Morgan fingerprint density at radius 2 is 1.21 bits per heavy atom. The van der Waals surface area contributed by atoms with Crippen LogP contribution in [0.5, 0.6) is 0 Å². The van der Waals surface area contributed by atoms with Gasteiger partial charge in [-0.25, -0.2) is 9.97 Å². The summed E-state index contributed by atoms with van der Waals surface area (Å²) < 4.78 is 0. The van der Waals surface area contributed by atoms with E-state index in [0.717, 1.165) is 109 Å². The number of amides is 2. The Kier molecular flexibility index (Phi) is 9.94. The first-order chi connectivity index (χ1) is 25.9. The highest BCUT2D eigenvalue weighted by atomic mass is 16.2. The van der Waals surface area contributed by atoms with E-state index in [1.54, 1.807) is 0 Å². The summed E-state index contributed by atoms with van der Waals surface area (Å²) in [5.74, 6) is 8.56. The lowest BCUT2D eigenvalue weighted by molar-refractivity contribution is -0.138. The molecule has 5 heterocycles. The summed E-state index contributed by atoms with van der Waals surface area (Å²) in [5.41, 5.74) is 12.9. The Morgan fingerprint density at radius 1 is 0.698 bits per heavy atom. The Balaban J connectivity index is 0.885. The van der Waals surface area contributed by atoms with Gasteiger partial charge < -0.3 is 30.4 Å². The third-order valence-corrected chi connectivity index (χ3v) is 11.1. The lowest BCUT2D eigenvalue weighted by Gasteiger charge is -2.32. The van der Waals surface area contributed by atoms with Crippen molar-refractivity contribution in [2.45, 2.75) is 56.7 Å². The minimum absolute atomic E-state index is 0.0145. The fourth-order valence-electron chi connectivity index (χ4n) is 8.02. The van der Waals surface area contributed by atoms with Crippen LogP contribution in [-0.4, -0.2) is 79.7 Å². The molecule has 0 bridgehead atoms. The quantitative estimate of drug-likeness (QED) is 0.172. The van der Waals surface area contributed by atoms with Crippen molar-refractivity contribution < 1.29 is 9.59 Å². The zero-order valence-corrected chi connectivity index (χ0v) is 30.2. The maximum Gasteiger partial charge on any atom is 0.244 e. The van der Waals surface area contributed by atoms with E-state index in [0.29, 0.717) is 6.54 Å². The monoisotopic (exact) mass is 706 g/mol. The van der Waals surface area contributed by atoms with Crippen molar-refractivity contribution in [3.63, 3.8) is 0 Å². The molecular formula is C43H46N8O2. The SMILES string of the molecule is CN1CCC(C(=O)N2CCC[C@H]2c2ncc(-c3ccc(C#Cc4ccc(-c5cnc([C@@H]6CCCN6C(=O)[C@H](N)c6ccccc6)[nH]5)cc4)cc3)[nH]2)CC1. The topological polar surface area (TPSA) is 127 Å². The van der Waals surface area contributed by atoms with Gasteiger partial charge in [0.1, 0.15) is 17.7 Å². The van der Waals surface area contributed by atoms with Gasteiger partial charge in [0.25, 0.3) is 0 Å². The van der Waals surface area contributed by atoms with Gasteiger partial charge in [0.15, 0.2) is 0 Å². The van der Waals surface area contributed by atoms with Gasteiger partial charge >= 0.3 is 0 Å². The molecule has 3 aromatic carbocycles. The van der Waals surface area contributed by atoms with Gasteiger partial charge in [-0.1, -0.05) is 66.4 Å². The number of carbonyl (C=O) groups is 2. The van der Waals surface area contributed by atoms with E-state index in [9.17, 15) is 9.59 Å². The Hall–Kier alpha value is -5.50. The average molecular weight is 707 g/mol. The van der Waals surface area contributed by atoms with Crippen LogP contribution in [0.25, 0.3) is 22.5 Å². The van der Waals surface area contributed by atoms with Crippen LogP contribution in [0, 0.1) is 17.8 Å². The molecule has 2 aromatic heterocycles. The van der Waals surface area contributed by atoms with Gasteiger partial charge in [-0.3, -0.25) is 9.59 Å². The van der Waals surface area contributed by atoms with E-state index in [1.807, 2.05) is 84.0 Å². The van der Waals surface area contributed by atoms with Crippen LogP contribution >= 0.6 is 0 Å². The first-order valence-corrected chi connectivity index (χ1v) is 18.8. The van der Waals surface area contributed by atoms with Crippen molar-refractivity contribution in [2.24, 2.45) is 11.7 Å². The lowest BCUT2D eigenvalue weighted by Crippen LogP contribution is -2.41. The van der Waals surface area contributed by atoms with E-state index in [-0.39, 0.29) is 29.8 Å². The maximum atomic E-state index is 13.4. The van der Waals surface area contributed by atoms with Crippen LogP contribution in [-0.2, 0) is 9.59 Å². The molecule has 53 heavy (non-hydrogen) atoms. The predicted octanol–water partition coefficient (Wildman–Crippen LogP) is 6.24. The summed E-state index contributed by atoms with van der Waals surface area (Å²) in [7, 11) is 2.13. The molecule has 5 aromatic rings. The number of hydrogen-bond acceptors (Lipinski definition) is 6. The number of likely N-dealkylation sites (tertiary alicyclic amines) is 3. The number of nitrogens with one attached hydrogen (secondary N) is 2. The number of nitrogens with zero attached hydrogens (tertiary/aromatic N) is 5. The maximum absolute atomic E-state index is 13.4. The Morgan fingerprint density at radius 3 is 1.75 bits per heavy atom. The van der Waals surface area contributed by atoms with Crippen molar-refractivity contribution in [3.05, 3.63) is 120 Å². The van der Waals surface area contributed by atoms with Crippen LogP contribution in [0.4, 0.5) is 0 Å². The van der Waals surface area contributed by atoms with E-state index in [1.165, 1.54) is 0 Å². The van der Waals surface area contributed by atoms with Crippen LogP contribution in [0.15, 0.2) is 91.3 Å². The molecule has 3 aliphatic rings. The van der Waals surface area contributed by atoms with Gasteiger partial charge in [-0.2, -0.15) is 0 Å². The number of piperidine rings is 1. The standard InChI is InChI=1S/C43H46N8O2/c1-49-25-21-34(22-26-49)42(52)50-23-5-9-37(50)40-45-27-35(47-40)31-17-13-29(14-18-31)11-12-30-15-19-32(20-16-30)36-28-46-41(48-36)38-10-6-24-51(38)43(53)39(44)33-7-3-2-4-8-33/h2-4,7-8,13-20,27-28,34,37-39H,5-6,9-10,21-26,44H2,1H3,(H,45,47)(H,46,48)/t37-,38-,39+/m0/s1. The minimum Gasteiger partial charge on any atom is -0.340 e. The van der Waals surface area contributed by atoms with Crippen molar-refractivity contribution in [1.29, 1.82) is 0 Å². The summed E-state index contributed by atoms with van der Waals surface area (Å²) in [4.78, 5) is 49.4. The van der Waals surface area contributed by atoms with Crippen molar-refractivity contribution in [2.75, 3.05) is 33.2 Å². The second kappa shape index (κ2) is 15.2. The first-order valence-electron chi connectivity index (χ1n) is 18.8. The lowest BCUT2D eigenvalue weighted by atomic mass is 9.95. The molecule has 0 unspecified atom stereocenters. The molecule has 270 valence electrons. The second-order valence-electron chi connectivity index (χ2n) is 14.6. The molecule has 0 spiro atoms. The van der Waals surface area contributed by atoms with Crippen molar-refractivity contribution in [1.82, 2.24) is 34.6 Å². The summed E-state index contributed by atoms with van der Waals surface area (Å²) in [6.07, 6.45) is 9.29. The molecule has 2 amide bonds. The molecule has 3 fully saturated rings. The number of hydrogen-bond donors (Lipinski definition) is 3. The summed E-state index contributed by atoms with van der Waals surface area (Å²) in [5, 5.41) is 0. The van der Waals surface area contributed by atoms with Gasteiger partial charge in [-0.05, 0) is 99.6 Å². The first kappa shape index (κ1) is 34.6. The number of carbonyl (C=O) groups excluding carboxylic acids is 2. The number of nitrogens with two attached hydrogens (primary N) is 1. The van der Waals surface area contributed by atoms with Crippen LogP contribution < -0.4 is 5.73 Å². The van der Waals surface area contributed by atoms with Crippen molar-refractivity contribution in [3.8, 4) is 34.4 Å². The fourth-order valence-corrected chi connectivity index (χ4v) is 8.02.